The monoisotopic (exact) mass is 459 g/mol. The van der Waals surface area contributed by atoms with Gasteiger partial charge < -0.3 is 14.8 Å². The van der Waals surface area contributed by atoms with Gasteiger partial charge >= 0.3 is 0 Å². The van der Waals surface area contributed by atoms with Gasteiger partial charge in [-0.3, -0.25) is 0 Å². The standard InChI is InChI=1S/C27H37N7/c1-7-32(8-2)20-11-13-33(14-12-20)23-10-9-22-26(31-23)24(17(3)4)25(30-22)21-15-34-27(28-16-29-34)19(6)18(21)5/h9-10,15-17,20,30H,7-8,11-14H2,1-6H3. The van der Waals surface area contributed by atoms with Crippen LogP contribution in [-0.2, 0) is 0 Å². The second-order valence-electron chi connectivity index (χ2n) is 9.89. The molecule has 0 spiro atoms. The predicted molar refractivity (Wildman–Crippen MR) is 140 cm³/mol. The molecule has 34 heavy (non-hydrogen) atoms. The number of nitrogens with one attached hydrogen (secondary N) is 1. The quantitative estimate of drug-likeness (QED) is 0.423. The molecule has 0 atom stereocenters. The lowest BCUT2D eigenvalue weighted by molar-refractivity contribution is 0.186. The first kappa shape index (κ1) is 22.8. The van der Waals surface area contributed by atoms with Gasteiger partial charge in [0.25, 0.3) is 0 Å². The van der Waals surface area contributed by atoms with Crippen molar-refractivity contribution >= 4 is 22.5 Å². The molecule has 1 aliphatic heterocycles. The number of hydrogen-bond donors (Lipinski definition) is 1. The highest BCUT2D eigenvalue weighted by Gasteiger charge is 2.25. The van der Waals surface area contributed by atoms with Crippen molar-refractivity contribution < 1.29 is 0 Å². The third-order valence-corrected chi connectivity index (χ3v) is 7.75. The minimum atomic E-state index is 0.339. The van der Waals surface area contributed by atoms with E-state index in [0.29, 0.717) is 12.0 Å². The van der Waals surface area contributed by atoms with Gasteiger partial charge in [0.2, 0.25) is 0 Å². The summed E-state index contributed by atoms with van der Waals surface area (Å²) >= 11 is 0. The lowest BCUT2D eigenvalue weighted by atomic mass is 9.95. The number of piperidine rings is 1. The zero-order chi connectivity index (χ0) is 24.0. The van der Waals surface area contributed by atoms with Crippen LogP contribution in [0.1, 0.15) is 63.1 Å². The summed E-state index contributed by atoms with van der Waals surface area (Å²) in [6, 6.07) is 5.08. The van der Waals surface area contributed by atoms with Crippen molar-refractivity contribution in [2.75, 3.05) is 31.1 Å². The Morgan fingerprint density at radius 1 is 1.09 bits per heavy atom. The van der Waals surface area contributed by atoms with Gasteiger partial charge in [0, 0.05) is 36.5 Å². The molecule has 0 radical (unpaired) electrons. The summed E-state index contributed by atoms with van der Waals surface area (Å²) in [5.74, 6) is 1.43. The lowest BCUT2D eigenvalue weighted by Crippen LogP contribution is -2.45. The smallest absolute Gasteiger partial charge is 0.158 e. The molecule has 0 saturated carbocycles. The Labute approximate surface area is 202 Å². The van der Waals surface area contributed by atoms with Crippen molar-refractivity contribution in [1.29, 1.82) is 0 Å². The molecule has 5 heterocycles. The van der Waals surface area contributed by atoms with Crippen molar-refractivity contribution in [3.8, 4) is 11.3 Å². The molecule has 4 aromatic heterocycles. The minimum Gasteiger partial charge on any atom is -0.356 e. The second kappa shape index (κ2) is 9.02. The molecule has 7 nitrogen and oxygen atoms in total. The van der Waals surface area contributed by atoms with Crippen LogP contribution in [0.3, 0.4) is 0 Å². The normalized spacial score (nSPS) is 15.5. The van der Waals surface area contributed by atoms with Crippen LogP contribution in [0.4, 0.5) is 5.82 Å². The van der Waals surface area contributed by atoms with Crippen LogP contribution in [0, 0.1) is 13.8 Å². The molecule has 0 aliphatic carbocycles. The summed E-state index contributed by atoms with van der Waals surface area (Å²) in [6.07, 6.45) is 6.12. The third kappa shape index (κ3) is 3.76. The van der Waals surface area contributed by atoms with Crippen LogP contribution in [0.15, 0.2) is 24.7 Å². The number of anilines is 1. The van der Waals surface area contributed by atoms with Gasteiger partial charge in [-0.05, 0) is 69.0 Å². The zero-order valence-corrected chi connectivity index (χ0v) is 21.4. The number of aryl methyl sites for hydroxylation is 1. The number of hydrogen-bond acceptors (Lipinski definition) is 5. The number of fused-ring (bicyclic) bond motifs is 2. The molecule has 1 N–H and O–H groups in total. The fraction of sp³-hybridized carbons (Fsp3) is 0.519. The highest BCUT2D eigenvalue weighted by molar-refractivity contribution is 5.90. The Hall–Kier alpha value is -2.93. The average molecular weight is 460 g/mol. The van der Waals surface area contributed by atoms with Crippen molar-refractivity contribution in [3.63, 3.8) is 0 Å². The first-order chi connectivity index (χ1) is 16.4. The molecule has 5 rings (SSSR count). The van der Waals surface area contributed by atoms with Crippen LogP contribution in [0.2, 0.25) is 0 Å². The maximum absolute atomic E-state index is 5.23. The average Bonchev–Trinajstić information content (AvgIpc) is 3.47. The first-order valence-electron chi connectivity index (χ1n) is 12.7. The maximum atomic E-state index is 5.23. The number of H-pyrrole nitrogens is 1. The Bertz CT molecular complexity index is 1300. The van der Waals surface area contributed by atoms with E-state index in [4.69, 9.17) is 4.98 Å². The summed E-state index contributed by atoms with van der Waals surface area (Å²) < 4.78 is 1.88. The fourth-order valence-corrected chi connectivity index (χ4v) is 5.68. The summed E-state index contributed by atoms with van der Waals surface area (Å²) in [5.41, 5.74) is 9.07. The van der Waals surface area contributed by atoms with E-state index >= 15 is 0 Å². The van der Waals surface area contributed by atoms with E-state index in [2.05, 4.69) is 84.7 Å². The van der Waals surface area contributed by atoms with Crippen LogP contribution < -0.4 is 4.90 Å². The zero-order valence-electron chi connectivity index (χ0n) is 21.4. The summed E-state index contributed by atoms with van der Waals surface area (Å²) in [4.78, 5) is 18.4. The van der Waals surface area contributed by atoms with Crippen LogP contribution in [0.25, 0.3) is 27.9 Å². The minimum absolute atomic E-state index is 0.339. The first-order valence-corrected chi connectivity index (χ1v) is 12.7. The van der Waals surface area contributed by atoms with E-state index < -0.39 is 0 Å². The largest absolute Gasteiger partial charge is 0.356 e. The summed E-state index contributed by atoms with van der Waals surface area (Å²) in [7, 11) is 0. The van der Waals surface area contributed by atoms with Crippen molar-refractivity contribution in [2.45, 2.75) is 66.3 Å². The van der Waals surface area contributed by atoms with E-state index in [9.17, 15) is 0 Å². The Kier molecular flexibility index (Phi) is 6.06. The van der Waals surface area contributed by atoms with E-state index in [0.717, 1.165) is 59.9 Å². The van der Waals surface area contributed by atoms with Crippen molar-refractivity contribution in [2.24, 2.45) is 0 Å². The number of pyridine rings is 2. The number of aromatic nitrogens is 5. The maximum Gasteiger partial charge on any atom is 0.158 e. The highest BCUT2D eigenvalue weighted by Crippen LogP contribution is 2.38. The van der Waals surface area contributed by atoms with Crippen LogP contribution in [0.5, 0.6) is 0 Å². The molecule has 1 saturated heterocycles. The van der Waals surface area contributed by atoms with Gasteiger partial charge in [0.05, 0.1) is 16.7 Å². The highest BCUT2D eigenvalue weighted by atomic mass is 15.3. The van der Waals surface area contributed by atoms with Crippen LogP contribution in [-0.4, -0.2) is 61.7 Å². The van der Waals surface area contributed by atoms with Gasteiger partial charge in [-0.2, -0.15) is 5.10 Å². The molecule has 1 aliphatic rings. The lowest BCUT2D eigenvalue weighted by Gasteiger charge is -2.38. The van der Waals surface area contributed by atoms with Gasteiger partial charge in [-0.1, -0.05) is 27.7 Å². The molecule has 0 unspecified atom stereocenters. The Morgan fingerprint density at radius 2 is 1.82 bits per heavy atom. The van der Waals surface area contributed by atoms with E-state index in [1.165, 1.54) is 29.5 Å². The van der Waals surface area contributed by atoms with Gasteiger partial charge in [-0.25, -0.2) is 14.5 Å². The summed E-state index contributed by atoms with van der Waals surface area (Å²) in [5, 5.41) is 4.41. The number of nitrogens with zero attached hydrogens (tertiary/aromatic N) is 6. The molecule has 7 heteroatoms. The molecule has 0 amide bonds. The fourth-order valence-electron chi connectivity index (χ4n) is 5.68. The predicted octanol–water partition coefficient (Wildman–Crippen LogP) is 5.32. The third-order valence-electron chi connectivity index (χ3n) is 7.75. The summed E-state index contributed by atoms with van der Waals surface area (Å²) in [6.45, 7) is 17.7. The van der Waals surface area contributed by atoms with E-state index in [1.807, 2.05) is 4.52 Å². The van der Waals surface area contributed by atoms with Crippen molar-refractivity contribution in [3.05, 3.63) is 41.3 Å². The van der Waals surface area contributed by atoms with Crippen molar-refractivity contribution in [1.82, 2.24) is 29.5 Å². The topological polar surface area (TPSA) is 65.3 Å². The van der Waals surface area contributed by atoms with E-state index in [-0.39, 0.29) is 0 Å². The van der Waals surface area contributed by atoms with Gasteiger partial charge in [-0.15, -0.1) is 0 Å². The van der Waals surface area contributed by atoms with Gasteiger partial charge in [0.1, 0.15) is 12.1 Å². The number of aromatic amines is 1. The van der Waals surface area contributed by atoms with E-state index in [1.54, 1.807) is 6.33 Å². The molecular weight excluding hydrogens is 422 g/mol. The molecule has 1 fully saturated rings. The number of rotatable bonds is 6. The SMILES string of the molecule is CCN(CC)C1CCN(c2ccc3[nH]c(-c4cn5ncnc5c(C)c4C)c(C(C)C)c3n2)CC1. The molecule has 4 aromatic rings. The van der Waals surface area contributed by atoms with Gasteiger partial charge in [0.15, 0.2) is 5.65 Å². The Balaban J connectivity index is 1.53. The molecule has 0 bridgehead atoms. The second-order valence-corrected chi connectivity index (χ2v) is 9.89. The molecule has 180 valence electrons. The van der Waals surface area contributed by atoms with Crippen LogP contribution >= 0.6 is 0 Å². The molecule has 0 aromatic carbocycles. The molecular formula is C27H37N7. The Morgan fingerprint density at radius 3 is 2.50 bits per heavy atom.